The largest absolute Gasteiger partial charge is 0.383 e. The Bertz CT molecular complexity index is 380. The van der Waals surface area contributed by atoms with E-state index in [2.05, 4.69) is 0 Å². The third kappa shape index (κ3) is 3.27. The summed E-state index contributed by atoms with van der Waals surface area (Å²) < 4.78 is 18.8. The Morgan fingerprint density at radius 1 is 1.47 bits per heavy atom. The van der Waals surface area contributed by atoms with E-state index in [9.17, 15) is 9.18 Å². The van der Waals surface area contributed by atoms with Crippen LogP contribution in [0.1, 0.15) is 24.2 Å². The molecule has 0 atom stereocenters. The van der Waals surface area contributed by atoms with Gasteiger partial charge in [-0.05, 0) is 26.0 Å². The van der Waals surface area contributed by atoms with E-state index in [4.69, 9.17) is 4.74 Å². The zero-order valence-corrected chi connectivity index (χ0v) is 10.4. The molecule has 94 valence electrons. The van der Waals surface area contributed by atoms with Crippen LogP contribution in [0.25, 0.3) is 0 Å². The number of carbonyl (C=O) groups excluding carboxylic acids is 1. The number of ether oxygens (including phenoxy) is 1. The van der Waals surface area contributed by atoms with Crippen molar-refractivity contribution in [1.82, 2.24) is 0 Å². The zero-order chi connectivity index (χ0) is 12.8. The minimum absolute atomic E-state index is 0.0979. The molecule has 0 unspecified atom stereocenters. The van der Waals surface area contributed by atoms with Gasteiger partial charge in [0.25, 0.3) is 0 Å². The highest BCUT2D eigenvalue weighted by Crippen LogP contribution is 2.25. The fraction of sp³-hybridized carbons (Fsp3) is 0.462. The highest BCUT2D eigenvalue weighted by Gasteiger charge is 2.18. The first-order chi connectivity index (χ1) is 8.11. The molecular weight excluding hydrogens is 221 g/mol. The minimum Gasteiger partial charge on any atom is -0.383 e. The number of aldehydes is 1. The van der Waals surface area contributed by atoms with Crippen molar-refractivity contribution < 1.29 is 13.9 Å². The Morgan fingerprint density at radius 3 is 2.71 bits per heavy atom. The quantitative estimate of drug-likeness (QED) is 0.714. The van der Waals surface area contributed by atoms with Crippen molar-refractivity contribution in [3.63, 3.8) is 0 Å². The van der Waals surface area contributed by atoms with Gasteiger partial charge in [0, 0.05) is 25.3 Å². The second kappa shape index (κ2) is 6.35. The molecule has 0 aliphatic carbocycles. The minimum atomic E-state index is -0.376. The maximum atomic E-state index is 13.8. The summed E-state index contributed by atoms with van der Waals surface area (Å²) in [6, 6.07) is 4.62. The van der Waals surface area contributed by atoms with Gasteiger partial charge in [0.2, 0.25) is 0 Å². The number of hydrogen-bond acceptors (Lipinski definition) is 3. The molecule has 3 nitrogen and oxygen atoms in total. The Kier molecular flexibility index (Phi) is 5.10. The average Bonchev–Trinajstić information content (AvgIpc) is 2.30. The van der Waals surface area contributed by atoms with E-state index in [1.54, 1.807) is 13.2 Å². The highest BCUT2D eigenvalue weighted by atomic mass is 19.1. The van der Waals surface area contributed by atoms with Crippen LogP contribution in [0, 0.1) is 5.82 Å². The van der Waals surface area contributed by atoms with Crippen molar-refractivity contribution in [2.24, 2.45) is 0 Å². The summed E-state index contributed by atoms with van der Waals surface area (Å²) >= 11 is 0. The molecule has 1 rings (SSSR count). The smallest absolute Gasteiger partial charge is 0.152 e. The third-order valence-electron chi connectivity index (χ3n) is 2.59. The van der Waals surface area contributed by atoms with Crippen LogP contribution in [0.4, 0.5) is 10.1 Å². The molecule has 0 amide bonds. The van der Waals surface area contributed by atoms with E-state index in [1.165, 1.54) is 12.1 Å². The first kappa shape index (κ1) is 13.6. The number of methoxy groups -OCH3 is 1. The molecule has 4 heteroatoms. The maximum Gasteiger partial charge on any atom is 0.152 e. The molecule has 0 radical (unpaired) electrons. The van der Waals surface area contributed by atoms with Crippen LogP contribution in [0.5, 0.6) is 0 Å². The van der Waals surface area contributed by atoms with Crippen molar-refractivity contribution >= 4 is 12.0 Å². The van der Waals surface area contributed by atoms with E-state index in [0.717, 1.165) is 0 Å². The lowest BCUT2D eigenvalue weighted by Crippen LogP contribution is -2.35. The Morgan fingerprint density at radius 2 is 2.18 bits per heavy atom. The third-order valence-corrected chi connectivity index (χ3v) is 2.59. The molecule has 0 aliphatic rings. The van der Waals surface area contributed by atoms with Crippen LogP contribution in [0.15, 0.2) is 18.2 Å². The van der Waals surface area contributed by atoms with Crippen LogP contribution in [-0.2, 0) is 4.74 Å². The van der Waals surface area contributed by atoms with Crippen molar-refractivity contribution in [3.05, 3.63) is 29.6 Å². The van der Waals surface area contributed by atoms with Crippen molar-refractivity contribution in [3.8, 4) is 0 Å². The normalized spacial score (nSPS) is 10.6. The van der Waals surface area contributed by atoms with E-state index < -0.39 is 0 Å². The predicted octanol–water partition coefficient (Wildman–Crippen LogP) is 2.50. The second-order valence-electron chi connectivity index (χ2n) is 4.08. The van der Waals surface area contributed by atoms with Crippen LogP contribution in [0.2, 0.25) is 0 Å². The van der Waals surface area contributed by atoms with Gasteiger partial charge in [-0.1, -0.05) is 6.07 Å². The van der Waals surface area contributed by atoms with Gasteiger partial charge in [-0.25, -0.2) is 4.39 Å². The first-order valence-electron chi connectivity index (χ1n) is 5.61. The molecule has 1 aromatic carbocycles. The molecule has 0 aromatic heterocycles. The summed E-state index contributed by atoms with van der Waals surface area (Å²) in [6.07, 6.45) is 0.681. The number of para-hydroxylation sites is 1. The summed E-state index contributed by atoms with van der Waals surface area (Å²) in [5.74, 6) is -0.376. The molecular formula is C13H18FNO2. The molecule has 0 aliphatic heterocycles. The topological polar surface area (TPSA) is 29.5 Å². The Hall–Kier alpha value is -1.42. The van der Waals surface area contributed by atoms with E-state index >= 15 is 0 Å². The van der Waals surface area contributed by atoms with E-state index in [-0.39, 0.29) is 11.9 Å². The van der Waals surface area contributed by atoms with Gasteiger partial charge in [0.05, 0.1) is 12.3 Å². The van der Waals surface area contributed by atoms with E-state index in [1.807, 2.05) is 18.7 Å². The van der Waals surface area contributed by atoms with Gasteiger partial charge in [-0.15, -0.1) is 0 Å². The molecule has 0 spiro atoms. The van der Waals surface area contributed by atoms with Gasteiger partial charge in [-0.3, -0.25) is 4.79 Å². The number of anilines is 1. The first-order valence-corrected chi connectivity index (χ1v) is 5.61. The lowest BCUT2D eigenvalue weighted by atomic mass is 10.1. The fourth-order valence-electron chi connectivity index (χ4n) is 1.75. The standard InChI is InChI=1S/C13H18FNO2/c1-10(2)15(7-8-17-3)13-11(9-16)5-4-6-12(13)14/h4-6,9-10H,7-8H2,1-3H3. The van der Waals surface area contributed by atoms with Gasteiger partial charge in [-0.2, -0.15) is 0 Å². The number of halogens is 1. The lowest BCUT2D eigenvalue weighted by Gasteiger charge is -2.30. The van der Waals surface area contributed by atoms with Gasteiger partial charge in [0.1, 0.15) is 5.82 Å². The number of hydrogen-bond donors (Lipinski definition) is 0. The molecule has 0 saturated heterocycles. The average molecular weight is 239 g/mol. The summed E-state index contributed by atoms with van der Waals surface area (Å²) in [5.41, 5.74) is 0.726. The van der Waals surface area contributed by atoms with Crippen LogP contribution < -0.4 is 4.90 Å². The molecule has 0 fully saturated rings. The summed E-state index contributed by atoms with van der Waals surface area (Å²) in [4.78, 5) is 12.8. The molecule has 17 heavy (non-hydrogen) atoms. The predicted molar refractivity (Wildman–Crippen MR) is 66.1 cm³/mol. The maximum absolute atomic E-state index is 13.8. The Balaban J connectivity index is 3.12. The molecule has 1 aromatic rings. The van der Waals surface area contributed by atoms with Crippen LogP contribution in [-0.4, -0.2) is 32.6 Å². The van der Waals surface area contributed by atoms with Crippen LogP contribution >= 0.6 is 0 Å². The number of benzene rings is 1. The summed E-state index contributed by atoms with van der Waals surface area (Å²) in [5, 5.41) is 0. The molecule has 0 heterocycles. The van der Waals surface area contributed by atoms with Crippen LogP contribution in [0.3, 0.4) is 0 Å². The number of carbonyl (C=O) groups is 1. The summed E-state index contributed by atoms with van der Waals surface area (Å²) in [6.45, 7) is 4.95. The number of rotatable bonds is 6. The Labute approximate surface area is 101 Å². The molecule has 0 saturated carbocycles. The SMILES string of the molecule is COCCN(c1c(F)cccc1C=O)C(C)C. The van der Waals surface area contributed by atoms with Crippen molar-refractivity contribution in [1.29, 1.82) is 0 Å². The van der Waals surface area contributed by atoms with E-state index in [0.29, 0.717) is 30.7 Å². The highest BCUT2D eigenvalue weighted by molar-refractivity contribution is 5.85. The number of nitrogens with zero attached hydrogens (tertiary/aromatic N) is 1. The molecule has 0 N–H and O–H groups in total. The summed E-state index contributed by atoms with van der Waals surface area (Å²) in [7, 11) is 1.60. The van der Waals surface area contributed by atoms with Gasteiger partial charge in [0.15, 0.2) is 6.29 Å². The lowest BCUT2D eigenvalue weighted by molar-refractivity contribution is 0.112. The van der Waals surface area contributed by atoms with Crippen molar-refractivity contribution in [2.45, 2.75) is 19.9 Å². The van der Waals surface area contributed by atoms with Crippen molar-refractivity contribution in [2.75, 3.05) is 25.2 Å². The second-order valence-corrected chi connectivity index (χ2v) is 4.08. The fourth-order valence-corrected chi connectivity index (χ4v) is 1.75. The molecule has 0 bridgehead atoms. The van der Waals surface area contributed by atoms with Gasteiger partial charge >= 0.3 is 0 Å². The van der Waals surface area contributed by atoms with Gasteiger partial charge < -0.3 is 9.64 Å². The zero-order valence-electron chi connectivity index (χ0n) is 10.4. The monoisotopic (exact) mass is 239 g/mol.